The Kier molecular flexibility index (Phi) is 2.31. The maximum atomic E-state index is 10.5. The molecule has 16 heavy (non-hydrogen) atoms. The highest BCUT2D eigenvalue weighted by Crippen LogP contribution is 2.15. The molecule has 0 radical (unpaired) electrons. The van der Waals surface area contributed by atoms with Gasteiger partial charge in [-0.2, -0.15) is 15.2 Å². The lowest BCUT2D eigenvalue weighted by Crippen LogP contribution is -1.99. The van der Waals surface area contributed by atoms with Crippen molar-refractivity contribution in [1.29, 1.82) is 5.26 Å². The average Bonchev–Trinajstić information content (AvgIpc) is 2.77. The van der Waals surface area contributed by atoms with Gasteiger partial charge in [0.15, 0.2) is 5.69 Å². The zero-order chi connectivity index (χ0) is 11.5. The number of aromatic nitrogens is 3. The van der Waals surface area contributed by atoms with Gasteiger partial charge in [0.1, 0.15) is 6.07 Å². The number of nitro benzene ring substituents is 1. The van der Waals surface area contributed by atoms with Crippen LogP contribution in [0.4, 0.5) is 5.69 Å². The van der Waals surface area contributed by atoms with Crippen LogP contribution in [0, 0.1) is 21.4 Å². The zero-order valence-corrected chi connectivity index (χ0v) is 7.94. The van der Waals surface area contributed by atoms with Crippen LogP contribution in [0.15, 0.2) is 30.5 Å². The minimum Gasteiger partial charge on any atom is -0.258 e. The van der Waals surface area contributed by atoms with E-state index in [9.17, 15) is 10.1 Å². The quantitative estimate of drug-likeness (QED) is 0.550. The second kappa shape index (κ2) is 3.78. The molecule has 0 N–H and O–H groups in total. The highest BCUT2D eigenvalue weighted by atomic mass is 16.6. The lowest BCUT2D eigenvalue weighted by molar-refractivity contribution is -0.384. The first-order valence-electron chi connectivity index (χ1n) is 4.28. The fourth-order valence-electron chi connectivity index (χ4n) is 1.17. The van der Waals surface area contributed by atoms with Crippen LogP contribution in [0.5, 0.6) is 0 Å². The molecule has 0 aliphatic rings. The van der Waals surface area contributed by atoms with Crippen LogP contribution >= 0.6 is 0 Å². The van der Waals surface area contributed by atoms with Gasteiger partial charge in [-0.1, -0.05) is 6.07 Å². The van der Waals surface area contributed by atoms with Crippen LogP contribution in [0.25, 0.3) is 5.69 Å². The molecular formula is C9H5N5O2. The van der Waals surface area contributed by atoms with Gasteiger partial charge in [-0.25, -0.2) is 0 Å². The second-order valence-corrected chi connectivity index (χ2v) is 2.91. The van der Waals surface area contributed by atoms with E-state index in [0.717, 1.165) is 0 Å². The summed E-state index contributed by atoms with van der Waals surface area (Å²) in [5, 5.41) is 26.8. The molecule has 0 atom stereocenters. The van der Waals surface area contributed by atoms with Gasteiger partial charge in [-0.15, -0.1) is 5.10 Å². The molecule has 2 rings (SSSR count). The van der Waals surface area contributed by atoms with E-state index in [1.165, 1.54) is 29.2 Å². The first-order chi connectivity index (χ1) is 7.70. The fourth-order valence-corrected chi connectivity index (χ4v) is 1.17. The van der Waals surface area contributed by atoms with Crippen molar-refractivity contribution in [2.24, 2.45) is 0 Å². The van der Waals surface area contributed by atoms with Gasteiger partial charge < -0.3 is 0 Å². The molecule has 1 aromatic heterocycles. The standard InChI is InChI=1S/C9H5N5O2/c10-5-7-6-11-13(12-7)8-2-1-3-9(4-8)14(15)16/h1-4,6H. The Morgan fingerprint density at radius 1 is 1.50 bits per heavy atom. The molecule has 0 saturated heterocycles. The number of hydrogen-bond acceptors (Lipinski definition) is 5. The van der Waals surface area contributed by atoms with Gasteiger partial charge in [0.2, 0.25) is 0 Å². The third-order valence-corrected chi connectivity index (χ3v) is 1.88. The molecule has 0 aliphatic heterocycles. The number of nitriles is 1. The summed E-state index contributed by atoms with van der Waals surface area (Å²) < 4.78 is 0. The molecule has 0 saturated carbocycles. The highest BCUT2D eigenvalue weighted by Gasteiger charge is 2.08. The largest absolute Gasteiger partial charge is 0.271 e. The van der Waals surface area contributed by atoms with Gasteiger partial charge in [0.25, 0.3) is 5.69 Å². The minimum atomic E-state index is -0.502. The molecule has 78 valence electrons. The van der Waals surface area contributed by atoms with Gasteiger partial charge >= 0.3 is 0 Å². The Labute approximate surface area is 89.7 Å². The summed E-state index contributed by atoms with van der Waals surface area (Å²) in [4.78, 5) is 11.2. The summed E-state index contributed by atoms with van der Waals surface area (Å²) in [6.45, 7) is 0. The number of benzene rings is 1. The van der Waals surface area contributed by atoms with Crippen LogP contribution in [0.3, 0.4) is 0 Å². The Morgan fingerprint density at radius 3 is 2.94 bits per heavy atom. The molecule has 1 aromatic carbocycles. The first kappa shape index (κ1) is 9.79. The van der Waals surface area contributed by atoms with Crippen LogP contribution in [-0.2, 0) is 0 Å². The average molecular weight is 215 g/mol. The smallest absolute Gasteiger partial charge is 0.258 e. The van der Waals surface area contributed by atoms with E-state index < -0.39 is 4.92 Å². The number of rotatable bonds is 2. The molecule has 0 amide bonds. The molecule has 0 spiro atoms. The molecule has 0 bridgehead atoms. The Balaban J connectivity index is 2.44. The zero-order valence-electron chi connectivity index (χ0n) is 7.94. The summed E-state index contributed by atoms with van der Waals surface area (Å²) in [5.74, 6) is 0. The molecule has 0 unspecified atom stereocenters. The van der Waals surface area contributed by atoms with Crippen LogP contribution in [0.2, 0.25) is 0 Å². The molecule has 0 aliphatic carbocycles. The molecule has 0 fully saturated rings. The third-order valence-electron chi connectivity index (χ3n) is 1.88. The number of nitro groups is 1. The normalized spacial score (nSPS) is 9.69. The SMILES string of the molecule is N#Cc1cnn(-c2cccc([N+](=O)[O-])c2)n1. The summed E-state index contributed by atoms with van der Waals surface area (Å²) >= 11 is 0. The van der Waals surface area contributed by atoms with Gasteiger partial charge in [0.05, 0.1) is 16.8 Å². The highest BCUT2D eigenvalue weighted by molar-refractivity contribution is 5.42. The molecular weight excluding hydrogens is 210 g/mol. The monoisotopic (exact) mass is 215 g/mol. The van der Waals surface area contributed by atoms with E-state index in [1.807, 2.05) is 6.07 Å². The van der Waals surface area contributed by atoms with Gasteiger partial charge in [-0.05, 0) is 6.07 Å². The topological polar surface area (TPSA) is 97.6 Å². The Morgan fingerprint density at radius 2 is 2.31 bits per heavy atom. The van der Waals surface area contributed by atoms with Gasteiger partial charge in [0, 0.05) is 12.1 Å². The van der Waals surface area contributed by atoms with Crippen molar-refractivity contribution in [2.75, 3.05) is 0 Å². The van der Waals surface area contributed by atoms with E-state index in [2.05, 4.69) is 10.2 Å². The van der Waals surface area contributed by atoms with Crippen molar-refractivity contribution in [2.45, 2.75) is 0 Å². The molecule has 7 heteroatoms. The fraction of sp³-hybridized carbons (Fsp3) is 0. The van der Waals surface area contributed by atoms with Crippen molar-refractivity contribution in [3.8, 4) is 11.8 Å². The predicted octanol–water partition coefficient (Wildman–Crippen LogP) is 1.05. The summed E-state index contributed by atoms with van der Waals surface area (Å²) in [6, 6.07) is 7.68. The van der Waals surface area contributed by atoms with Crippen LogP contribution in [-0.4, -0.2) is 19.9 Å². The van der Waals surface area contributed by atoms with Crippen molar-refractivity contribution >= 4 is 5.69 Å². The maximum Gasteiger partial charge on any atom is 0.271 e. The lowest BCUT2D eigenvalue weighted by atomic mass is 10.3. The van der Waals surface area contributed by atoms with Crippen molar-refractivity contribution < 1.29 is 4.92 Å². The van der Waals surface area contributed by atoms with E-state index in [0.29, 0.717) is 5.69 Å². The van der Waals surface area contributed by atoms with Gasteiger partial charge in [-0.3, -0.25) is 10.1 Å². The van der Waals surface area contributed by atoms with Crippen molar-refractivity contribution in [3.05, 3.63) is 46.3 Å². The van der Waals surface area contributed by atoms with Crippen molar-refractivity contribution in [1.82, 2.24) is 15.0 Å². The first-order valence-corrected chi connectivity index (χ1v) is 4.28. The van der Waals surface area contributed by atoms with E-state index in [4.69, 9.17) is 5.26 Å². The number of nitrogens with zero attached hydrogens (tertiary/aromatic N) is 5. The molecule has 2 aromatic rings. The Hall–Kier alpha value is -2.75. The van der Waals surface area contributed by atoms with E-state index >= 15 is 0 Å². The number of non-ortho nitro benzene ring substituents is 1. The summed E-state index contributed by atoms with van der Waals surface area (Å²) in [6.07, 6.45) is 1.29. The number of hydrogen-bond donors (Lipinski definition) is 0. The summed E-state index contributed by atoms with van der Waals surface area (Å²) in [5.41, 5.74) is 0.551. The summed E-state index contributed by atoms with van der Waals surface area (Å²) in [7, 11) is 0. The third kappa shape index (κ3) is 1.72. The van der Waals surface area contributed by atoms with Crippen molar-refractivity contribution in [3.63, 3.8) is 0 Å². The molecule has 1 heterocycles. The molecule has 7 nitrogen and oxygen atoms in total. The minimum absolute atomic E-state index is 0.0479. The van der Waals surface area contributed by atoms with E-state index in [1.54, 1.807) is 6.07 Å². The van der Waals surface area contributed by atoms with E-state index in [-0.39, 0.29) is 11.4 Å². The second-order valence-electron chi connectivity index (χ2n) is 2.91. The predicted molar refractivity (Wildman–Crippen MR) is 52.7 cm³/mol. The van der Waals surface area contributed by atoms with Crippen LogP contribution < -0.4 is 0 Å². The Bertz CT molecular complexity index is 584. The maximum absolute atomic E-state index is 10.5. The van der Waals surface area contributed by atoms with Crippen LogP contribution in [0.1, 0.15) is 5.69 Å². The lowest BCUT2D eigenvalue weighted by Gasteiger charge is -1.98.